The zero-order valence-electron chi connectivity index (χ0n) is 16.2. The highest BCUT2D eigenvalue weighted by atomic mass is 32.2. The van der Waals surface area contributed by atoms with E-state index < -0.39 is 10.0 Å². The first-order valence-corrected chi connectivity index (χ1v) is 11.0. The maximum Gasteiger partial charge on any atom is 0.271 e. The molecule has 0 spiro atoms. The van der Waals surface area contributed by atoms with Crippen molar-refractivity contribution < 1.29 is 13.2 Å². The van der Waals surface area contributed by atoms with Gasteiger partial charge in [0.1, 0.15) is 9.96 Å². The lowest BCUT2D eigenvalue weighted by Gasteiger charge is -2.13. The molecule has 2 aromatic heterocycles. The smallest absolute Gasteiger partial charge is 0.271 e. The molecule has 0 saturated heterocycles. The van der Waals surface area contributed by atoms with Crippen LogP contribution in [0.1, 0.15) is 22.9 Å². The maximum atomic E-state index is 12.8. The summed E-state index contributed by atoms with van der Waals surface area (Å²) in [5.74, 6) is 0.577. The van der Waals surface area contributed by atoms with Crippen LogP contribution in [0.25, 0.3) is 17.2 Å². The molecule has 2 heterocycles. The van der Waals surface area contributed by atoms with Gasteiger partial charge < -0.3 is 4.74 Å². The van der Waals surface area contributed by atoms with E-state index >= 15 is 0 Å². The van der Waals surface area contributed by atoms with Gasteiger partial charge in [-0.05, 0) is 62.2 Å². The van der Waals surface area contributed by atoms with Crippen LogP contribution in [0.5, 0.6) is 5.75 Å². The Morgan fingerprint density at radius 3 is 2.57 bits per heavy atom. The van der Waals surface area contributed by atoms with Crippen LogP contribution in [0.3, 0.4) is 0 Å². The second kappa shape index (κ2) is 8.16. The summed E-state index contributed by atoms with van der Waals surface area (Å²) in [5.41, 5.74) is 4.24. The number of nitrogens with zero attached hydrogens (tertiary/aromatic N) is 1. The average molecular weight is 415 g/mol. The SMILES string of the molecule is C/C=C\c1sc(S(=O)(=O)Nc2ccc(-c3cnccc3C)c(OC)c2)cc1C. The summed E-state index contributed by atoms with van der Waals surface area (Å²) in [7, 11) is -2.11. The van der Waals surface area contributed by atoms with Crippen molar-refractivity contribution >= 4 is 33.1 Å². The number of thiophene rings is 1. The Bertz CT molecular complexity index is 1130. The van der Waals surface area contributed by atoms with Crippen molar-refractivity contribution in [3.05, 3.63) is 64.8 Å². The van der Waals surface area contributed by atoms with E-state index in [1.807, 2.05) is 45.1 Å². The van der Waals surface area contributed by atoms with Gasteiger partial charge in [-0.1, -0.05) is 6.08 Å². The van der Waals surface area contributed by atoms with Gasteiger partial charge in [0.15, 0.2) is 0 Å². The number of hydrogen-bond donors (Lipinski definition) is 1. The van der Waals surface area contributed by atoms with E-state index in [4.69, 9.17) is 4.74 Å². The summed E-state index contributed by atoms with van der Waals surface area (Å²) in [6.45, 7) is 5.80. The van der Waals surface area contributed by atoms with Gasteiger partial charge in [0, 0.05) is 34.5 Å². The molecule has 28 heavy (non-hydrogen) atoms. The molecule has 0 bridgehead atoms. The zero-order chi connectivity index (χ0) is 20.3. The lowest BCUT2D eigenvalue weighted by atomic mass is 10.0. The highest BCUT2D eigenvalue weighted by Crippen LogP contribution is 2.35. The Morgan fingerprint density at radius 2 is 1.89 bits per heavy atom. The number of sulfonamides is 1. The van der Waals surface area contributed by atoms with Gasteiger partial charge in [0.05, 0.1) is 12.8 Å². The number of nitrogens with one attached hydrogen (secondary N) is 1. The highest BCUT2D eigenvalue weighted by molar-refractivity contribution is 7.94. The first-order chi connectivity index (χ1) is 13.4. The van der Waals surface area contributed by atoms with Gasteiger partial charge in [-0.25, -0.2) is 8.42 Å². The van der Waals surface area contributed by atoms with Crippen molar-refractivity contribution in [1.29, 1.82) is 0 Å². The molecule has 0 amide bonds. The molecule has 146 valence electrons. The van der Waals surface area contributed by atoms with Crippen LogP contribution in [0.2, 0.25) is 0 Å². The molecule has 7 heteroatoms. The molecular weight excluding hydrogens is 392 g/mol. The first kappa shape index (κ1) is 20.1. The number of pyridine rings is 1. The fourth-order valence-corrected chi connectivity index (χ4v) is 5.42. The maximum absolute atomic E-state index is 12.8. The van der Waals surface area contributed by atoms with Crippen LogP contribution in [0.4, 0.5) is 5.69 Å². The molecule has 1 aromatic carbocycles. The van der Waals surface area contributed by atoms with Crippen LogP contribution >= 0.6 is 11.3 Å². The summed E-state index contributed by atoms with van der Waals surface area (Å²) in [6, 6.07) is 8.87. The highest BCUT2D eigenvalue weighted by Gasteiger charge is 2.19. The molecule has 3 aromatic rings. The first-order valence-electron chi connectivity index (χ1n) is 8.70. The molecule has 0 radical (unpaired) electrons. The van der Waals surface area contributed by atoms with E-state index in [1.54, 1.807) is 37.7 Å². The third kappa shape index (κ3) is 4.10. The number of hydrogen-bond acceptors (Lipinski definition) is 5. The van der Waals surface area contributed by atoms with E-state index in [0.717, 1.165) is 27.1 Å². The van der Waals surface area contributed by atoms with Crippen LogP contribution in [0, 0.1) is 13.8 Å². The second-order valence-corrected chi connectivity index (χ2v) is 9.32. The van der Waals surface area contributed by atoms with E-state index in [-0.39, 0.29) is 4.21 Å². The van der Waals surface area contributed by atoms with E-state index in [2.05, 4.69) is 9.71 Å². The second-order valence-electron chi connectivity index (χ2n) is 6.32. The molecule has 0 aliphatic heterocycles. The Morgan fingerprint density at radius 1 is 1.11 bits per heavy atom. The molecule has 3 rings (SSSR count). The van der Waals surface area contributed by atoms with Gasteiger partial charge in [-0.15, -0.1) is 11.3 Å². The number of aryl methyl sites for hydroxylation is 2. The summed E-state index contributed by atoms with van der Waals surface area (Å²) in [5, 5.41) is 0. The van der Waals surface area contributed by atoms with Gasteiger partial charge in [-0.3, -0.25) is 9.71 Å². The van der Waals surface area contributed by atoms with Crippen LogP contribution in [-0.4, -0.2) is 20.5 Å². The normalized spacial score (nSPS) is 11.7. The molecule has 0 aliphatic carbocycles. The molecule has 1 N–H and O–H groups in total. The Labute approximate surface area is 169 Å². The van der Waals surface area contributed by atoms with Crippen molar-refractivity contribution in [3.63, 3.8) is 0 Å². The topological polar surface area (TPSA) is 68.3 Å². The number of methoxy groups -OCH3 is 1. The van der Waals surface area contributed by atoms with Crippen molar-refractivity contribution in [1.82, 2.24) is 4.98 Å². The number of anilines is 1. The number of ether oxygens (including phenoxy) is 1. The Balaban J connectivity index is 1.94. The summed E-state index contributed by atoms with van der Waals surface area (Å²) >= 11 is 1.25. The molecule has 0 atom stereocenters. The van der Waals surface area contributed by atoms with Crippen LogP contribution < -0.4 is 9.46 Å². The van der Waals surface area contributed by atoms with E-state index in [1.165, 1.54) is 11.3 Å². The molecule has 0 unspecified atom stereocenters. The minimum atomic E-state index is -3.68. The monoisotopic (exact) mass is 414 g/mol. The van der Waals surface area contributed by atoms with Gasteiger partial charge >= 0.3 is 0 Å². The summed E-state index contributed by atoms with van der Waals surface area (Å²) < 4.78 is 34.0. The lowest BCUT2D eigenvalue weighted by Crippen LogP contribution is -2.11. The van der Waals surface area contributed by atoms with Crippen molar-refractivity contribution in [2.45, 2.75) is 25.0 Å². The van der Waals surface area contributed by atoms with Gasteiger partial charge in [0.25, 0.3) is 10.0 Å². The fourth-order valence-electron chi connectivity index (χ4n) is 2.84. The van der Waals surface area contributed by atoms with Crippen LogP contribution in [0.15, 0.2) is 53.0 Å². The van der Waals surface area contributed by atoms with Crippen LogP contribution in [-0.2, 0) is 10.0 Å². The lowest BCUT2D eigenvalue weighted by molar-refractivity contribution is 0.416. The fraction of sp³-hybridized carbons (Fsp3) is 0.190. The minimum Gasteiger partial charge on any atom is -0.496 e. The largest absolute Gasteiger partial charge is 0.496 e. The summed E-state index contributed by atoms with van der Waals surface area (Å²) in [4.78, 5) is 5.11. The standard InChI is InChI=1S/C21H22N2O3S2/c1-5-6-20-15(3)11-21(27-20)28(24,25)23-16-7-8-17(19(12-16)26-4)18-13-22-10-9-14(18)2/h5-13,23H,1-4H3/b6-5-. The minimum absolute atomic E-state index is 0.282. The average Bonchev–Trinajstić information content (AvgIpc) is 3.04. The molecule has 0 aliphatic rings. The third-order valence-electron chi connectivity index (χ3n) is 4.30. The molecule has 5 nitrogen and oxygen atoms in total. The number of aromatic nitrogens is 1. The number of benzene rings is 1. The number of allylic oxidation sites excluding steroid dienone is 1. The summed E-state index contributed by atoms with van der Waals surface area (Å²) in [6.07, 6.45) is 7.31. The van der Waals surface area contributed by atoms with E-state index in [0.29, 0.717) is 11.4 Å². The predicted molar refractivity (Wildman–Crippen MR) is 116 cm³/mol. The Kier molecular flexibility index (Phi) is 5.86. The van der Waals surface area contributed by atoms with Gasteiger partial charge in [-0.2, -0.15) is 0 Å². The Hall–Kier alpha value is -2.64. The van der Waals surface area contributed by atoms with Crippen molar-refractivity contribution in [2.75, 3.05) is 11.8 Å². The van der Waals surface area contributed by atoms with Crippen molar-refractivity contribution in [3.8, 4) is 16.9 Å². The zero-order valence-corrected chi connectivity index (χ0v) is 17.8. The number of rotatable bonds is 6. The van der Waals surface area contributed by atoms with Gasteiger partial charge in [0.2, 0.25) is 0 Å². The molecule has 0 fully saturated rings. The van der Waals surface area contributed by atoms with Crippen molar-refractivity contribution in [2.24, 2.45) is 0 Å². The third-order valence-corrected chi connectivity index (χ3v) is 7.36. The molecular formula is C21H22N2O3S2. The van der Waals surface area contributed by atoms with E-state index in [9.17, 15) is 8.42 Å². The quantitative estimate of drug-likeness (QED) is 0.597. The molecule has 0 saturated carbocycles. The predicted octanol–water partition coefficient (Wildman–Crippen LogP) is 5.27.